The van der Waals surface area contributed by atoms with Crippen molar-refractivity contribution in [3.8, 4) is 0 Å². The zero-order valence-corrected chi connectivity index (χ0v) is 23.9. The zero-order valence-electron chi connectivity index (χ0n) is 22.4. The second-order valence-electron chi connectivity index (χ2n) is 10.3. The molecule has 4 heterocycles. The quantitative estimate of drug-likeness (QED) is 0.250. The van der Waals surface area contributed by atoms with E-state index < -0.39 is 17.8 Å². The van der Waals surface area contributed by atoms with Crippen molar-refractivity contribution in [1.82, 2.24) is 29.0 Å². The Morgan fingerprint density at radius 1 is 1.18 bits per heavy atom. The maximum absolute atomic E-state index is 14.8. The molecule has 2 fully saturated rings. The Bertz CT molecular complexity index is 1700. The van der Waals surface area contributed by atoms with Gasteiger partial charge in [0.1, 0.15) is 11.0 Å². The molecule has 10 nitrogen and oxygen atoms in total. The van der Waals surface area contributed by atoms with Gasteiger partial charge in [-0.3, -0.25) is 23.6 Å². The fraction of sp³-hybridized carbons (Fsp3) is 0.370. The van der Waals surface area contributed by atoms with E-state index in [0.29, 0.717) is 40.5 Å². The van der Waals surface area contributed by atoms with Gasteiger partial charge >= 0.3 is 0 Å². The average Bonchev–Trinajstić information content (AvgIpc) is 3.22. The summed E-state index contributed by atoms with van der Waals surface area (Å²) in [7, 11) is 3.64. The molecule has 6 rings (SSSR count). The Balaban J connectivity index is 1.34. The molecule has 208 valence electrons. The SMILES string of the molecule is CSNC(=O)c1nc(Cl)ccc1NC(C)c1cc(F)cc2c(=O)n(C)c(N3CC4C(C3)C4c3ccnn3C)nc12. The Labute approximate surface area is 239 Å². The molecule has 1 aliphatic heterocycles. The van der Waals surface area contributed by atoms with Crippen LogP contribution in [0, 0.1) is 17.7 Å². The molecule has 2 N–H and O–H groups in total. The third-order valence-electron chi connectivity index (χ3n) is 7.94. The highest BCUT2D eigenvalue weighted by atomic mass is 35.5. The standard InChI is InChI=1S/C27H28ClFN8O2S/c1-13(31-19-5-6-21(28)32-24(19)25(38)34-40-4)15-9-14(29)10-16-23(15)33-27(35(2)26(16)39)37-11-17-18(12-37)22(17)20-7-8-30-36(20)3/h5-10,13,17-18,22,31H,11-12H2,1-4H3,(H,34,38). The van der Waals surface area contributed by atoms with Crippen LogP contribution < -0.4 is 20.5 Å². The third kappa shape index (κ3) is 4.48. The number of carbonyl (C=O) groups excluding carboxylic acids is 1. The number of rotatable bonds is 7. The van der Waals surface area contributed by atoms with E-state index in [1.54, 1.807) is 25.4 Å². The van der Waals surface area contributed by atoms with Gasteiger partial charge in [-0.15, -0.1) is 0 Å². The minimum Gasteiger partial charge on any atom is -0.377 e. The number of amides is 1. The number of aromatic nitrogens is 5. The summed E-state index contributed by atoms with van der Waals surface area (Å²) >= 11 is 7.19. The number of carbonyl (C=O) groups is 1. The van der Waals surface area contributed by atoms with E-state index in [1.807, 2.05) is 24.9 Å². The van der Waals surface area contributed by atoms with E-state index in [9.17, 15) is 14.0 Å². The Morgan fingerprint density at radius 3 is 2.60 bits per heavy atom. The van der Waals surface area contributed by atoms with Crippen molar-refractivity contribution >= 4 is 52.0 Å². The molecular weight excluding hydrogens is 555 g/mol. The van der Waals surface area contributed by atoms with Crippen LogP contribution in [0.1, 0.15) is 40.6 Å². The normalized spacial score (nSPS) is 20.4. The summed E-state index contributed by atoms with van der Waals surface area (Å²) in [5.41, 5.74) is 2.36. The Kier molecular flexibility index (Phi) is 6.70. The van der Waals surface area contributed by atoms with E-state index in [-0.39, 0.29) is 21.8 Å². The molecule has 3 unspecified atom stereocenters. The summed E-state index contributed by atoms with van der Waals surface area (Å²) in [6, 6.07) is 7.37. The zero-order chi connectivity index (χ0) is 28.3. The van der Waals surface area contributed by atoms with Crippen LogP contribution in [0.4, 0.5) is 16.0 Å². The molecule has 13 heteroatoms. The fourth-order valence-electron chi connectivity index (χ4n) is 5.98. The number of hydrogen-bond donors (Lipinski definition) is 2. The molecule has 3 aromatic heterocycles. The molecule has 40 heavy (non-hydrogen) atoms. The van der Waals surface area contributed by atoms with Crippen LogP contribution in [0.2, 0.25) is 5.15 Å². The molecule has 4 aromatic rings. The predicted octanol–water partition coefficient (Wildman–Crippen LogP) is 3.89. The molecule has 1 saturated heterocycles. The number of pyridine rings is 1. The molecule has 0 bridgehead atoms. The smallest absolute Gasteiger partial charge is 0.281 e. The molecule has 3 atom stereocenters. The van der Waals surface area contributed by atoms with Crippen molar-refractivity contribution in [2.75, 3.05) is 29.6 Å². The Morgan fingerprint density at radius 2 is 1.93 bits per heavy atom. The number of hydrogen-bond acceptors (Lipinski definition) is 8. The number of nitrogens with zero attached hydrogens (tertiary/aromatic N) is 6. The molecule has 1 saturated carbocycles. The van der Waals surface area contributed by atoms with E-state index in [4.69, 9.17) is 16.6 Å². The number of anilines is 2. The highest BCUT2D eigenvalue weighted by molar-refractivity contribution is 7.97. The second kappa shape index (κ2) is 10.1. The van der Waals surface area contributed by atoms with E-state index in [2.05, 4.69) is 31.1 Å². The number of aryl methyl sites for hydroxylation is 1. The van der Waals surface area contributed by atoms with Crippen molar-refractivity contribution in [3.05, 3.63) is 74.8 Å². The predicted molar refractivity (Wildman–Crippen MR) is 154 cm³/mol. The van der Waals surface area contributed by atoms with Crippen molar-refractivity contribution in [1.29, 1.82) is 0 Å². The third-order valence-corrected chi connectivity index (χ3v) is 8.54. The maximum atomic E-state index is 14.8. The van der Waals surface area contributed by atoms with Crippen LogP contribution in [0.25, 0.3) is 10.9 Å². The van der Waals surface area contributed by atoms with Crippen molar-refractivity contribution in [2.45, 2.75) is 18.9 Å². The van der Waals surface area contributed by atoms with Crippen LogP contribution in [0.3, 0.4) is 0 Å². The summed E-state index contributed by atoms with van der Waals surface area (Å²) in [6.07, 6.45) is 3.55. The average molecular weight is 583 g/mol. The van der Waals surface area contributed by atoms with Gasteiger partial charge in [0.25, 0.3) is 11.5 Å². The first-order valence-corrected chi connectivity index (χ1v) is 14.5. The van der Waals surface area contributed by atoms with Gasteiger partial charge in [-0.25, -0.2) is 14.4 Å². The van der Waals surface area contributed by atoms with Crippen LogP contribution in [-0.2, 0) is 14.1 Å². The minimum absolute atomic E-state index is 0.109. The lowest BCUT2D eigenvalue weighted by atomic mass is 10.0. The van der Waals surface area contributed by atoms with Crippen molar-refractivity contribution < 1.29 is 9.18 Å². The first-order valence-electron chi connectivity index (χ1n) is 12.9. The Hall–Kier alpha value is -3.64. The van der Waals surface area contributed by atoms with Crippen LogP contribution in [-0.4, -0.2) is 49.6 Å². The molecule has 2 aliphatic rings. The second-order valence-corrected chi connectivity index (χ2v) is 11.3. The van der Waals surface area contributed by atoms with Crippen LogP contribution in [0.15, 0.2) is 41.3 Å². The van der Waals surface area contributed by atoms with Gasteiger partial charge in [-0.1, -0.05) is 23.5 Å². The van der Waals surface area contributed by atoms with Crippen molar-refractivity contribution in [3.63, 3.8) is 0 Å². The van der Waals surface area contributed by atoms with Gasteiger partial charge < -0.3 is 10.2 Å². The molecular formula is C27H28ClFN8O2S. The number of nitrogens with one attached hydrogen (secondary N) is 2. The van der Waals surface area contributed by atoms with E-state index in [0.717, 1.165) is 25.0 Å². The lowest BCUT2D eigenvalue weighted by molar-refractivity contribution is 0.0980. The summed E-state index contributed by atoms with van der Waals surface area (Å²) in [4.78, 5) is 37.3. The van der Waals surface area contributed by atoms with E-state index >= 15 is 0 Å². The molecule has 1 amide bonds. The summed E-state index contributed by atoms with van der Waals surface area (Å²) in [6.45, 7) is 3.38. The summed E-state index contributed by atoms with van der Waals surface area (Å²) < 4.78 is 20.9. The summed E-state index contributed by atoms with van der Waals surface area (Å²) in [5, 5.41) is 7.92. The maximum Gasteiger partial charge on any atom is 0.281 e. The first-order chi connectivity index (χ1) is 19.2. The number of halogens is 2. The lowest BCUT2D eigenvalue weighted by Gasteiger charge is -2.25. The highest BCUT2D eigenvalue weighted by Gasteiger charge is 2.57. The summed E-state index contributed by atoms with van der Waals surface area (Å²) in [5.74, 6) is 1.00. The molecule has 1 aliphatic carbocycles. The number of benzene rings is 1. The van der Waals surface area contributed by atoms with Gasteiger partial charge in [0.15, 0.2) is 5.69 Å². The monoisotopic (exact) mass is 582 g/mol. The topological polar surface area (TPSA) is 110 Å². The number of piperidine rings is 1. The van der Waals surface area contributed by atoms with Gasteiger partial charge in [0.05, 0.1) is 22.6 Å². The lowest BCUT2D eigenvalue weighted by Crippen LogP contribution is -2.32. The highest BCUT2D eigenvalue weighted by Crippen LogP contribution is 2.58. The van der Waals surface area contributed by atoms with E-state index in [1.165, 1.54) is 22.4 Å². The molecule has 1 aromatic carbocycles. The van der Waals surface area contributed by atoms with Gasteiger partial charge in [0.2, 0.25) is 5.95 Å². The van der Waals surface area contributed by atoms with Gasteiger partial charge in [0, 0.05) is 56.8 Å². The first kappa shape index (κ1) is 26.6. The minimum atomic E-state index is -0.543. The fourth-order valence-corrected chi connectivity index (χ4v) is 6.41. The number of fused-ring (bicyclic) bond motifs is 2. The molecule has 0 spiro atoms. The van der Waals surface area contributed by atoms with Crippen molar-refractivity contribution in [2.24, 2.45) is 25.9 Å². The molecule has 0 radical (unpaired) electrons. The van der Waals surface area contributed by atoms with Crippen LogP contribution >= 0.6 is 23.5 Å². The largest absolute Gasteiger partial charge is 0.377 e. The van der Waals surface area contributed by atoms with Gasteiger partial charge in [-0.2, -0.15) is 5.10 Å². The van der Waals surface area contributed by atoms with Gasteiger partial charge in [-0.05, 0) is 49.1 Å². The van der Waals surface area contributed by atoms with Crippen LogP contribution in [0.5, 0.6) is 0 Å².